The van der Waals surface area contributed by atoms with Crippen LogP contribution in [-0.2, 0) is 16.0 Å². The zero-order valence-corrected chi connectivity index (χ0v) is 16.6. The lowest BCUT2D eigenvalue weighted by Gasteiger charge is -2.14. The number of aromatic nitrogens is 3. The van der Waals surface area contributed by atoms with Gasteiger partial charge in [0.1, 0.15) is 5.01 Å². The van der Waals surface area contributed by atoms with E-state index in [1.165, 1.54) is 11.3 Å². The average molecular weight is 391 g/mol. The molecule has 0 radical (unpaired) electrons. The van der Waals surface area contributed by atoms with Crippen LogP contribution in [0.25, 0.3) is 0 Å². The third kappa shape index (κ3) is 5.53. The number of anilines is 1. The molecule has 1 saturated carbocycles. The first-order valence-electron chi connectivity index (χ1n) is 9.12. The summed E-state index contributed by atoms with van der Waals surface area (Å²) in [4.78, 5) is 28.1. The van der Waals surface area contributed by atoms with Gasteiger partial charge in [-0.15, -0.1) is 11.3 Å². The molecule has 0 spiro atoms. The Kier molecular flexibility index (Phi) is 6.10. The monoisotopic (exact) mass is 391 g/mol. The van der Waals surface area contributed by atoms with Gasteiger partial charge in [0.2, 0.25) is 5.91 Å². The van der Waals surface area contributed by atoms with Crippen LogP contribution in [-0.4, -0.2) is 39.3 Å². The van der Waals surface area contributed by atoms with E-state index in [1.807, 2.05) is 32.2 Å². The minimum atomic E-state index is -0.370. The largest absolute Gasteiger partial charge is 0.447 e. The van der Waals surface area contributed by atoms with E-state index in [2.05, 4.69) is 25.8 Å². The van der Waals surface area contributed by atoms with Crippen molar-refractivity contribution in [3.05, 3.63) is 27.8 Å². The predicted molar refractivity (Wildman–Crippen MR) is 103 cm³/mol. The number of nitrogens with one attached hydrogen (secondary N) is 3. The van der Waals surface area contributed by atoms with E-state index < -0.39 is 0 Å². The van der Waals surface area contributed by atoms with E-state index in [9.17, 15) is 9.59 Å². The lowest BCUT2D eigenvalue weighted by atomic mass is 10.0. The molecule has 2 amide bonds. The van der Waals surface area contributed by atoms with Crippen molar-refractivity contribution >= 4 is 29.2 Å². The quantitative estimate of drug-likeness (QED) is 0.701. The number of thiazole rings is 1. The number of carbonyl (C=O) groups excluding carboxylic acids is 2. The Morgan fingerprint density at radius 2 is 2.22 bits per heavy atom. The fourth-order valence-corrected chi connectivity index (χ4v) is 4.00. The maximum Gasteiger partial charge on any atom is 0.407 e. The van der Waals surface area contributed by atoms with Crippen molar-refractivity contribution in [3.8, 4) is 0 Å². The van der Waals surface area contributed by atoms with E-state index in [-0.39, 0.29) is 36.5 Å². The minimum Gasteiger partial charge on any atom is -0.447 e. The maximum atomic E-state index is 12.1. The van der Waals surface area contributed by atoms with Gasteiger partial charge in [0.05, 0.1) is 12.5 Å². The topological polar surface area (TPSA) is 109 Å². The van der Waals surface area contributed by atoms with Crippen LogP contribution in [0.5, 0.6) is 0 Å². The first-order chi connectivity index (χ1) is 12.9. The number of hydrogen-bond acceptors (Lipinski definition) is 6. The molecule has 8 nitrogen and oxygen atoms in total. The Labute approximate surface area is 162 Å². The minimum absolute atomic E-state index is 0.0933. The van der Waals surface area contributed by atoms with Crippen LogP contribution in [0, 0.1) is 6.92 Å². The second-order valence-corrected chi connectivity index (χ2v) is 8.06. The number of aryl methyl sites for hydroxylation is 1. The van der Waals surface area contributed by atoms with Gasteiger partial charge in [-0.1, -0.05) is 0 Å². The molecule has 0 aromatic carbocycles. The highest BCUT2D eigenvalue weighted by molar-refractivity contribution is 7.09. The summed E-state index contributed by atoms with van der Waals surface area (Å²) in [6.45, 7) is 5.56. The third-order valence-corrected chi connectivity index (χ3v) is 5.35. The summed E-state index contributed by atoms with van der Waals surface area (Å²) in [5.74, 6) is 0.651. The van der Waals surface area contributed by atoms with Gasteiger partial charge in [-0.2, -0.15) is 5.10 Å². The summed E-state index contributed by atoms with van der Waals surface area (Å²) in [6.07, 6.45) is 2.40. The molecule has 9 heteroatoms. The molecule has 0 saturated heterocycles. The Bertz CT molecular complexity index is 801. The van der Waals surface area contributed by atoms with Crippen LogP contribution in [0.2, 0.25) is 0 Å². The van der Waals surface area contributed by atoms with Gasteiger partial charge in [0.25, 0.3) is 0 Å². The zero-order valence-electron chi connectivity index (χ0n) is 15.7. The van der Waals surface area contributed by atoms with Gasteiger partial charge in [-0.25, -0.2) is 9.78 Å². The molecule has 27 heavy (non-hydrogen) atoms. The van der Waals surface area contributed by atoms with Crippen LogP contribution in [0.15, 0.2) is 11.4 Å². The summed E-state index contributed by atoms with van der Waals surface area (Å²) >= 11 is 1.48. The molecular formula is C18H25N5O3S. The number of rotatable bonds is 6. The summed E-state index contributed by atoms with van der Waals surface area (Å²) in [7, 11) is 0. The number of carbonyl (C=O) groups is 2. The van der Waals surface area contributed by atoms with Crippen molar-refractivity contribution in [2.45, 2.75) is 64.5 Å². The summed E-state index contributed by atoms with van der Waals surface area (Å²) in [6, 6.07) is 1.96. The van der Waals surface area contributed by atoms with Crippen molar-refractivity contribution in [3.63, 3.8) is 0 Å². The van der Waals surface area contributed by atoms with Crippen LogP contribution in [0.4, 0.5) is 10.6 Å². The SMILES string of the molecule is Cc1csc(CC(=O)Nc2cc([C@H]3CC[C@@H](NC(=O)OC(C)C)C3)[nH]n2)n1. The fourth-order valence-electron chi connectivity index (χ4n) is 3.23. The molecular weight excluding hydrogens is 366 g/mol. The number of ether oxygens (including phenoxy) is 1. The highest BCUT2D eigenvalue weighted by Gasteiger charge is 2.29. The Morgan fingerprint density at radius 1 is 1.41 bits per heavy atom. The number of hydrogen-bond donors (Lipinski definition) is 3. The standard InChI is InChI=1S/C18H25N5O3S/c1-10(2)26-18(25)20-13-5-4-12(6-13)14-7-15(23-22-14)21-16(24)8-17-19-11(3)9-27-17/h7,9-10,12-13H,4-6,8H2,1-3H3,(H,20,25)(H2,21,22,23,24)/t12-,13+/m0/s1. The maximum absolute atomic E-state index is 12.1. The second kappa shape index (κ2) is 8.51. The molecule has 0 unspecified atom stereocenters. The van der Waals surface area contributed by atoms with Gasteiger partial charge < -0.3 is 15.4 Å². The lowest BCUT2D eigenvalue weighted by Crippen LogP contribution is -2.34. The molecule has 3 rings (SSSR count). The van der Waals surface area contributed by atoms with Crippen LogP contribution >= 0.6 is 11.3 Å². The highest BCUT2D eigenvalue weighted by Crippen LogP contribution is 2.34. The van der Waals surface area contributed by atoms with Gasteiger partial charge in [0.15, 0.2) is 5.82 Å². The fraction of sp³-hybridized carbons (Fsp3) is 0.556. The van der Waals surface area contributed by atoms with Gasteiger partial charge >= 0.3 is 6.09 Å². The summed E-state index contributed by atoms with van der Waals surface area (Å²) in [5, 5.41) is 15.6. The molecule has 1 aliphatic carbocycles. The molecule has 1 aliphatic rings. The van der Waals surface area contributed by atoms with Crippen molar-refractivity contribution in [1.29, 1.82) is 0 Å². The smallest absolute Gasteiger partial charge is 0.407 e. The molecule has 2 atom stereocenters. The number of nitrogens with zero attached hydrogens (tertiary/aromatic N) is 2. The van der Waals surface area contributed by atoms with Gasteiger partial charge in [-0.3, -0.25) is 9.89 Å². The number of alkyl carbamates (subject to hydrolysis) is 1. The Morgan fingerprint density at radius 3 is 2.93 bits per heavy atom. The molecule has 2 aromatic heterocycles. The Balaban J connectivity index is 1.49. The summed E-state index contributed by atoms with van der Waals surface area (Å²) < 4.78 is 5.13. The number of H-pyrrole nitrogens is 1. The molecule has 3 N–H and O–H groups in total. The average Bonchev–Trinajstić information content (AvgIpc) is 3.28. The van der Waals surface area contributed by atoms with Crippen molar-refractivity contribution in [1.82, 2.24) is 20.5 Å². The van der Waals surface area contributed by atoms with E-state index in [0.717, 1.165) is 35.7 Å². The second-order valence-electron chi connectivity index (χ2n) is 7.12. The van der Waals surface area contributed by atoms with Crippen molar-refractivity contribution in [2.24, 2.45) is 0 Å². The molecule has 2 aromatic rings. The van der Waals surface area contributed by atoms with Crippen LogP contribution in [0.3, 0.4) is 0 Å². The number of aromatic amines is 1. The molecule has 0 aliphatic heterocycles. The van der Waals surface area contributed by atoms with Gasteiger partial charge in [-0.05, 0) is 40.0 Å². The van der Waals surface area contributed by atoms with Crippen molar-refractivity contribution in [2.75, 3.05) is 5.32 Å². The van der Waals surface area contributed by atoms with Crippen molar-refractivity contribution < 1.29 is 14.3 Å². The molecule has 2 heterocycles. The zero-order chi connectivity index (χ0) is 19.4. The van der Waals surface area contributed by atoms with E-state index >= 15 is 0 Å². The lowest BCUT2D eigenvalue weighted by molar-refractivity contribution is -0.115. The van der Waals surface area contributed by atoms with E-state index in [1.54, 1.807) is 0 Å². The molecule has 0 bridgehead atoms. The molecule has 1 fully saturated rings. The van der Waals surface area contributed by atoms with Gasteiger partial charge in [0, 0.05) is 34.8 Å². The van der Waals surface area contributed by atoms with Crippen LogP contribution in [0.1, 0.15) is 55.4 Å². The first kappa shape index (κ1) is 19.3. The highest BCUT2D eigenvalue weighted by atomic mass is 32.1. The van der Waals surface area contributed by atoms with Crippen LogP contribution < -0.4 is 10.6 Å². The third-order valence-electron chi connectivity index (χ3n) is 4.38. The summed E-state index contributed by atoms with van der Waals surface area (Å²) in [5.41, 5.74) is 1.89. The molecule has 146 valence electrons. The first-order valence-corrected chi connectivity index (χ1v) is 10.0. The normalized spacial score (nSPS) is 19.3. The number of amides is 2. The predicted octanol–water partition coefficient (Wildman–Crippen LogP) is 3.13. The van der Waals surface area contributed by atoms with E-state index in [4.69, 9.17) is 4.74 Å². The Hall–Kier alpha value is -2.42. The van der Waals surface area contributed by atoms with E-state index in [0.29, 0.717) is 5.82 Å².